The highest BCUT2D eigenvalue weighted by Crippen LogP contribution is 2.25. The zero-order valence-electron chi connectivity index (χ0n) is 18.7. The van der Waals surface area contributed by atoms with Crippen molar-refractivity contribution in [2.24, 2.45) is 10.9 Å². The summed E-state index contributed by atoms with van der Waals surface area (Å²) in [6, 6.07) is 16.2. The molecule has 0 aromatic heterocycles. The fourth-order valence-corrected chi connectivity index (χ4v) is 3.54. The molecule has 2 aromatic rings. The van der Waals surface area contributed by atoms with Crippen LogP contribution in [0.25, 0.3) is 0 Å². The van der Waals surface area contributed by atoms with E-state index in [2.05, 4.69) is 40.3 Å². The Balaban J connectivity index is 0.00000341. The lowest BCUT2D eigenvalue weighted by Gasteiger charge is -2.22. The number of nitrogens with zero attached hydrogens (tertiary/aromatic N) is 2. The van der Waals surface area contributed by atoms with Crippen LogP contribution in [-0.2, 0) is 16.0 Å². The molecule has 1 aliphatic rings. The number of guanidine groups is 1. The van der Waals surface area contributed by atoms with Gasteiger partial charge in [-0.2, -0.15) is 0 Å². The topological polar surface area (TPSA) is 55.3 Å². The molecule has 1 N–H and O–H groups in total. The van der Waals surface area contributed by atoms with Gasteiger partial charge in [-0.1, -0.05) is 35.9 Å². The average molecular weight is 539 g/mol. The number of benzene rings is 2. The highest BCUT2D eigenvalue weighted by atomic mass is 127. The van der Waals surface area contributed by atoms with E-state index in [4.69, 9.17) is 14.2 Å². The molecule has 1 atom stereocenters. The number of aryl methyl sites for hydroxylation is 1. The fraction of sp³-hybridized carbons (Fsp3) is 0.458. The summed E-state index contributed by atoms with van der Waals surface area (Å²) in [5, 5.41) is 3.50. The van der Waals surface area contributed by atoms with Gasteiger partial charge in [-0.05, 0) is 31.5 Å². The van der Waals surface area contributed by atoms with E-state index in [1.807, 2.05) is 37.4 Å². The highest BCUT2D eigenvalue weighted by Gasteiger charge is 2.25. The number of hydrogen-bond donors (Lipinski definition) is 1. The Bertz CT molecular complexity index is 814. The zero-order valence-corrected chi connectivity index (χ0v) is 21.0. The number of ether oxygens (including phenoxy) is 3. The molecule has 0 saturated carbocycles. The van der Waals surface area contributed by atoms with Gasteiger partial charge in [0.15, 0.2) is 5.96 Å². The van der Waals surface area contributed by atoms with E-state index in [-0.39, 0.29) is 24.0 Å². The van der Waals surface area contributed by atoms with E-state index in [1.165, 1.54) is 5.56 Å². The molecule has 0 aliphatic carbocycles. The van der Waals surface area contributed by atoms with Gasteiger partial charge in [-0.15, -0.1) is 24.0 Å². The predicted molar refractivity (Wildman–Crippen MR) is 136 cm³/mol. The van der Waals surface area contributed by atoms with Crippen LogP contribution in [0.1, 0.15) is 17.5 Å². The van der Waals surface area contributed by atoms with E-state index in [0.717, 1.165) is 49.1 Å². The summed E-state index contributed by atoms with van der Waals surface area (Å²) in [4.78, 5) is 6.78. The Morgan fingerprint density at radius 2 is 1.90 bits per heavy atom. The SMILES string of the molecule is CN=C(NCc1ccccc1Oc1ccc(C)cc1)N1CCC(COCCOC)C1.I. The molecule has 1 saturated heterocycles. The quantitative estimate of drug-likeness (QED) is 0.221. The van der Waals surface area contributed by atoms with Crippen molar-refractivity contribution in [2.45, 2.75) is 19.9 Å². The predicted octanol–water partition coefficient (Wildman–Crippen LogP) is 4.47. The number of nitrogens with one attached hydrogen (secondary N) is 1. The Morgan fingerprint density at radius 3 is 2.65 bits per heavy atom. The van der Waals surface area contributed by atoms with E-state index >= 15 is 0 Å². The van der Waals surface area contributed by atoms with Crippen molar-refractivity contribution in [1.29, 1.82) is 0 Å². The maximum Gasteiger partial charge on any atom is 0.193 e. The van der Waals surface area contributed by atoms with E-state index in [0.29, 0.717) is 25.7 Å². The molecule has 2 aromatic carbocycles. The Hall–Kier alpha value is -1.84. The second kappa shape index (κ2) is 13.5. The van der Waals surface area contributed by atoms with Crippen molar-refractivity contribution in [3.05, 3.63) is 59.7 Å². The second-order valence-electron chi connectivity index (χ2n) is 7.59. The third-order valence-electron chi connectivity index (χ3n) is 5.24. The summed E-state index contributed by atoms with van der Waals surface area (Å²) < 4.78 is 16.9. The maximum atomic E-state index is 6.12. The number of likely N-dealkylation sites (tertiary alicyclic amines) is 1. The standard InChI is InChI=1S/C24H33N3O3.HI/c1-19-8-10-22(11-9-19)30-23-7-5-4-6-21(23)16-26-24(25-2)27-13-12-20(17-27)18-29-15-14-28-3;/h4-11,20H,12-18H2,1-3H3,(H,25,26);1H. The smallest absolute Gasteiger partial charge is 0.193 e. The van der Waals surface area contributed by atoms with Gasteiger partial charge in [0.1, 0.15) is 11.5 Å². The normalized spacial score (nSPS) is 16.2. The lowest BCUT2D eigenvalue weighted by atomic mass is 10.1. The summed E-state index contributed by atoms with van der Waals surface area (Å²) in [6.07, 6.45) is 1.11. The summed E-state index contributed by atoms with van der Waals surface area (Å²) in [5.74, 6) is 3.14. The van der Waals surface area contributed by atoms with Crippen LogP contribution in [0, 0.1) is 12.8 Å². The number of para-hydroxylation sites is 1. The van der Waals surface area contributed by atoms with Crippen molar-refractivity contribution in [3.63, 3.8) is 0 Å². The molecule has 0 spiro atoms. The lowest BCUT2D eigenvalue weighted by molar-refractivity contribution is 0.0536. The molecule has 170 valence electrons. The molecule has 3 rings (SSSR count). The van der Waals surface area contributed by atoms with Gasteiger partial charge in [0.2, 0.25) is 0 Å². The van der Waals surface area contributed by atoms with Crippen molar-refractivity contribution < 1.29 is 14.2 Å². The first kappa shape index (κ1) is 25.4. The van der Waals surface area contributed by atoms with Gasteiger partial charge >= 0.3 is 0 Å². The van der Waals surface area contributed by atoms with Crippen LogP contribution in [0.2, 0.25) is 0 Å². The molecule has 1 heterocycles. The highest BCUT2D eigenvalue weighted by molar-refractivity contribution is 14.0. The monoisotopic (exact) mass is 539 g/mol. The summed E-state index contributed by atoms with van der Waals surface area (Å²) >= 11 is 0. The van der Waals surface area contributed by atoms with Crippen molar-refractivity contribution in [2.75, 3.05) is 47.1 Å². The Labute approximate surface area is 203 Å². The molecule has 1 fully saturated rings. The van der Waals surface area contributed by atoms with Crippen LogP contribution < -0.4 is 10.1 Å². The Kier molecular flexibility index (Phi) is 11.1. The third kappa shape index (κ3) is 7.97. The minimum Gasteiger partial charge on any atom is -0.457 e. The molecule has 6 nitrogen and oxygen atoms in total. The molecule has 31 heavy (non-hydrogen) atoms. The number of rotatable bonds is 9. The lowest BCUT2D eigenvalue weighted by Crippen LogP contribution is -2.39. The summed E-state index contributed by atoms with van der Waals surface area (Å²) in [5.41, 5.74) is 2.31. The van der Waals surface area contributed by atoms with Gasteiger partial charge in [0, 0.05) is 45.3 Å². The number of aliphatic imine (C=N–C) groups is 1. The molecule has 1 aliphatic heterocycles. The van der Waals surface area contributed by atoms with Gasteiger partial charge in [-0.25, -0.2) is 0 Å². The van der Waals surface area contributed by atoms with Crippen LogP contribution in [0.4, 0.5) is 0 Å². The van der Waals surface area contributed by atoms with Crippen LogP contribution in [0.5, 0.6) is 11.5 Å². The molecule has 1 unspecified atom stereocenters. The summed E-state index contributed by atoms with van der Waals surface area (Å²) in [6.45, 7) is 6.72. The molecule has 0 bridgehead atoms. The summed E-state index contributed by atoms with van der Waals surface area (Å²) in [7, 11) is 3.53. The van der Waals surface area contributed by atoms with Gasteiger partial charge < -0.3 is 24.4 Å². The van der Waals surface area contributed by atoms with Crippen molar-refractivity contribution in [1.82, 2.24) is 10.2 Å². The molecule has 0 radical (unpaired) electrons. The second-order valence-corrected chi connectivity index (χ2v) is 7.59. The third-order valence-corrected chi connectivity index (χ3v) is 5.24. The first-order valence-electron chi connectivity index (χ1n) is 10.5. The first-order chi connectivity index (χ1) is 14.7. The minimum atomic E-state index is 0. The zero-order chi connectivity index (χ0) is 21.2. The van der Waals surface area contributed by atoms with Crippen LogP contribution in [-0.4, -0.2) is 57.9 Å². The Morgan fingerprint density at radius 1 is 1.13 bits per heavy atom. The fourth-order valence-electron chi connectivity index (χ4n) is 3.54. The molecular formula is C24H34IN3O3. The molecular weight excluding hydrogens is 505 g/mol. The molecule has 0 amide bonds. The van der Waals surface area contributed by atoms with Gasteiger partial charge in [0.25, 0.3) is 0 Å². The molecule has 7 heteroatoms. The largest absolute Gasteiger partial charge is 0.457 e. The number of methoxy groups -OCH3 is 1. The average Bonchev–Trinajstić information content (AvgIpc) is 3.23. The van der Waals surface area contributed by atoms with E-state index < -0.39 is 0 Å². The number of hydrogen-bond acceptors (Lipinski definition) is 4. The van der Waals surface area contributed by atoms with Crippen LogP contribution in [0.3, 0.4) is 0 Å². The van der Waals surface area contributed by atoms with Crippen LogP contribution >= 0.6 is 24.0 Å². The number of halogens is 1. The van der Waals surface area contributed by atoms with Crippen molar-refractivity contribution >= 4 is 29.9 Å². The first-order valence-corrected chi connectivity index (χ1v) is 10.5. The van der Waals surface area contributed by atoms with Gasteiger partial charge in [0.05, 0.1) is 19.8 Å². The van der Waals surface area contributed by atoms with Crippen LogP contribution in [0.15, 0.2) is 53.5 Å². The minimum absolute atomic E-state index is 0. The van der Waals surface area contributed by atoms with E-state index in [1.54, 1.807) is 7.11 Å². The van der Waals surface area contributed by atoms with E-state index in [9.17, 15) is 0 Å². The van der Waals surface area contributed by atoms with Crippen molar-refractivity contribution in [3.8, 4) is 11.5 Å². The van der Waals surface area contributed by atoms with Gasteiger partial charge in [-0.3, -0.25) is 4.99 Å². The maximum absolute atomic E-state index is 6.12.